The van der Waals surface area contributed by atoms with Crippen molar-refractivity contribution in [3.8, 4) is 11.6 Å². The van der Waals surface area contributed by atoms with Crippen molar-refractivity contribution >= 4 is 17.3 Å². The molecule has 0 fully saturated rings. The smallest absolute Gasteiger partial charge is 0.257 e. The van der Waals surface area contributed by atoms with E-state index in [9.17, 15) is 0 Å². The monoisotopic (exact) mass is 249 g/mol. The zero-order valence-corrected chi connectivity index (χ0v) is 10.3. The lowest BCUT2D eigenvalue weighted by molar-refractivity contribution is 0.460. The normalized spacial score (nSPS) is 10.1. The number of aromatic nitrogens is 2. The van der Waals surface area contributed by atoms with Gasteiger partial charge in [0.25, 0.3) is 5.88 Å². The number of anilines is 1. The fourth-order valence-electron chi connectivity index (χ4n) is 1.31. The molecule has 88 valence electrons. The maximum absolute atomic E-state index is 5.87. The number of benzene rings is 1. The van der Waals surface area contributed by atoms with Gasteiger partial charge >= 0.3 is 0 Å². The van der Waals surface area contributed by atoms with Gasteiger partial charge in [-0.05, 0) is 12.1 Å². The van der Waals surface area contributed by atoms with E-state index in [1.165, 1.54) is 12.4 Å². The van der Waals surface area contributed by atoms with Crippen molar-refractivity contribution in [3.63, 3.8) is 0 Å². The van der Waals surface area contributed by atoms with Gasteiger partial charge in [0.15, 0.2) is 5.15 Å². The molecule has 0 saturated carbocycles. The van der Waals surface area contributed by atoms with Gasteiger partial charge in [0.05, 0.1) is 0 Å². The molecule has 0 aliphatic carbocycles. The largest absolute Gasteiger partial charge is 0.436 e. The third-order valence-electron chi connectivity index (χ3n) is 2.17. The first-order valence-electron chi connectivity index (χ1n) is 5.08. The molecule has 0 N–H and O–H groups in total. The molecule has 2 aromatic rings. The molecule has 5 heteroatoms. The molecule has 1 heterocycles. The van der Waals surface area contributed by atoms with Crippen LogP contribution in [-0.2, 0) is 0 Å². The molecule has 0 atom stereocenters. The summed E-state index contributed by atoms with van der Waals surface area (Å²) in [6.07, 6.45) is 3.06. The summed E-state index contributed by atoms with van der Waals surface area (Å²) in [5.74, 6) is 0.990. The van der Waals surface area contributed by atoms with Crippen LogP contribution in [0, 0.1) is 0 Å². The predicted molar refractivity (Wildman–Crippen MR) is 67.9 cm³/mol. The van der Waals surface area contributed by atoms with Gasteiger partial charge in [-0.2, -0.15) is 0 Å². The molecule has 17 heavy (non-hydrogen) atoms. The molecule has 1 aromatic carbocycles. The van der Waals surface area contributed by atoms with Crippen LogP contribution in [0.4, 0.5) is 5.69 Å². The molecule has 2 rings (SSSR count). The van der Waals surface area contributed by atoms with Crippen LogP contribution in [-0.4, -0.2) is 24.1 Å². The number of ether oxygens (including phenoxy) is 1. The van der Waals surface area contributed by atoms with E-state index in [2.05, 4.69) is 9.97 Å². The Labute approximate surface area is 105 Å². The Morgan fingerprint density at radius 1 is 1.18 bits per heavy atom. The zero-order chi connectivity index (χ0) is 12.3. The second-order valence-corrected chi connectivity index (χ2v) is 4.00. The van der Waals surface area contributed by atoms with Gasteiger partial charge < -0.3 is 9.64 Å². The highest BCUT2D eigenvalue weighted by Crippen LogP contribution is 2.27. The second-order valence-electron chi connectivity index (χ2n) is 3.65. The fraction of sp³-hybridized carbons (Fsp3) is 0.167. The summed E-state index contributed by atoms with van der Waals surface area (Å²) in [5.41, 5.74) is 1.04. The highest BCUT2D eigenvalue weighted by Gasteiger charge is 2.05. The Bertz CT molecular complexity index is 517. The molecular weight excluding hydrogens is 238 g/mol. The van der Waals surface area contributed by atoms with Crippen LogP contribution in [0.5, 0.6) is 11.6 Å². The highest BCUT2D eigenvalue weighted by atomic mass is 35.5. The summed E-state index contributed by atoms with van der Waals surface area (Å²) in [5, 5.41) is 0.253. The number of rotatable bonds is 3. The average Bonchev–Trinajstić information content (AvgIpc) is 2.32. The van der Waals surface area contributed by atoms with E-state index in [-0.39, 0.29) is 5.15 Å². The van der Waals surface area contributed by atoms with Gasteiger partial charge in [-0.3, -0.25) is 0 Å². The third-order valence-corrected chi connectivity index (χ3v) is 2.43. The topological polar surface area (TPSA) is 38.2 Å². The van der Waals surface area contributed by atoms with Crippen LogP contribution in [0.25, 0.3) is 0 Å². The van der Waals surface area contributed by atoms with E-state index >= 15 is 0 Å². The minimum absolute atomic E-state index is 0.253. The van der Waals surface area contributed by atoms with Crippen molar-refractivity contribution in [3.05, 3.63) is 41.8 Å². The van der Waals surface area contributed by atoms with Crippen molar-refractivity contribution in [2.24, 2.45) is 0 Å². The SMILES string of the molecule is CN(C)c1cccc(Oc2nccnc2Cl)c1. The molecule has 0 amide bonds. The highest BCUT2D eigenvalue weighted by molar-refractivity contribution is 6.30. The van der Waals surface area contributed by atoms with Crippen LogP contribution in [0.1, 0.15) is 0 Å². The lowest BCUT2D eigenvalue weighted by Crippen LogP contribution is -2.08. The van der Waals surface area contributed by atoms with Gasteiger partial charge in [0.1, 0.15) is 5.75 Å². The van der Waals surface area contributed by atoms with Gasteiger partial charge in [0.2, 0.25) is 0 Å². The molecule has 0 unspecified atom stereocenters. The zero-order valence-electron chi connectivity index (χ0n) is 9.59. The molecule has 0 saturated heterocycles. The van der Waals surface area contributed by atoms with E-state index in [1.807, 2.05) is 43.3 Å². The maximum Gasteiger partial charge on any atom is 0.257 e. The Morgan fingerprint density at radius 2 is 1.94 bits per heavy atom. The summed E-state index contributed by atoms with van der Waals surface area (Å²) in [6.45, 7) is 0. The first kappa shape index (κ1) is 11.7. The number of nitrogens with zero attached hydrogens (tertiary/aromatic N) is 3. The van der Waals surface area contributed by atoms with Crippen molar-refractivity contribution in [1.29, 1.82) is 0 Å². The summed E-state index contributed by atoms with van der Waals surface area (Å²) >= 11 is 5.87. The van der Waals surface area contributed by atoms with Crippen LogP contribution >= 0.6 is 11.6 Å². The molecule has 0 aliphatic rings. The molecule has 0 bridgehead atoms. The summed E-state index contributed by atoms with van der Waals surface area (Å²) in [7, 11) is 3.93. The minimum atomic E-state index is 0.253. The van der Waals surface area contributed by atoms with Gasteiger partial charge in [-0.15, -0.1) is 0 Å². The lowest BCUT2D eigenvalue weighted by Gasteiger charge is -2.13. The van der Waals surface area contributed by atoms with Crippen LogP contribution in [0.3, 0.4) is 0 Å². The molecule has 1 aromatic heterocycles. The van der Waals surface area contributed by atoms with Crippen LogP contribution in [0.2, 0.25) is 5.15 Å². The molecule has 0 spiro atoms. The quantitative estimate of drug-likeness (QED) is 0.838. The molecule has 4 nitrogen and oxygen atoms in total. The van der Waals surface area contributed by atoms with E-state index in [0.29, 0.717) is 11.6 Å². The third kappa shape index (κ3) is 2.85. The number of hydrogen-bond donors (Lipinski definition) is 0. The van der Waals surface area contributed by atoms with Crippen LogP contribution < -0.4 is 9.64 Å². The van der Waals surface area contributed by atoms with Crippen molar-refractivity contribution in [2.75, 3.05) is 19.0 Å². The Kier molecular flexibility index (Phi) is 3.44. The van der Waals surface area contributed by atoms with E-state index in [0.717, 1.165) is 5.69 Å². The first-order chi connectivity index (χ1) is 8.16. The Hall–Kier alpha value is -1.81. The molecule has 0 radical (unpaired) electrons. The predicted octanol–water partition coefficient (Wildman–Crippen LogP) is 2.99. The first-order valence-corrected chi connectivity index (χ1v) is 5.46. The summed E-state index contributed by atoms with van der Waals surface area (Å²) < 4.78 is 5.57. The van der Waals surface area contributed by atoms with E-state index in [1.54, 1.807) is 0 Å². The number of halogens is 1. The maximum atomic E-state index is 5.87. The lowest BCUT2D eigenvalue weighted by atomic mass is 10.3. The summed E-state index contributed by atoms with van der Waals surface area (Å²) in [4.78, 5) is 9.91. The van der Waals surface area contributed by atoms with E-state index in [4.69, 9.17) is 16.3 Å². The van der Waals surface area contributed by atoms with Gasteiger partial charge in [-0.25, -0.2) is 9.97 Å². The standard InChI is InChI=1S/C12H12ClN3O/c1-16(2)9-4-3-5-10(8-9)17-12-11(13)14-6-7-15-12/h3-8H,1-2H3. The van der Waals surface area contributed by atoms with Gasteiger partial charge in [-0.1, -0.05) is 17.7 Å². The van der Waals surface area contributed by atoms with Crippen LogP contribution in [0.15, 0.2) is 36.7 Å². The molecule has 0 aliphatic heterocycles. The van der Waals surface area contributed by atoms with Crippen molar-refractivity contribution < 1.29 is 4.74 Å². The van der Waals surface area contributed by atoms with E-state index < -0.39 is 0 Å². The van der Waals surface area contributed by atoms with Gasteiger partial charge in [0, 0.05) is 38.2 Å². The second kappa shape index (κ2) is 5.01. The summed E-state index contributed by atoms with van der Waals surface area (Å²) in [6, 6.07) is 7.66. The Balaban J connectivity index is 2.25. The average molecular weight is 250 g/mol. The van der Waals surface area contributed by atoms with Crippen molar-refractivity contribution in [2.45, 2.75) is 0 Å². The minimum Gasteiger partial charge on any atom is -0.436 e. The molecular formula is C12H12ClN3O. The Morgan fingerprint density at radius 3 is 2.65 bits per heavy atom. The fourth-order valence-corrected chi connectivity index (χ4v) is 1.46. The number of hydrogen-bond acceptors (Lipinski definition) is 4. The van der Waals surface area contributed by atoms with Crippen molar-refractivity contribution in [1.82, 2.24) is 9.97 Å².